The summed E-state index contributed by atoms with van der Waals surface area (Å²) < 4.78 is 5.51. The summed E-state index contributed by atoms with van der Waals surface area (Å²) in [5.41, 5.74) is 0. The van der Waals surface area contributed by atoms with E-state index in [4.69, 9.17) is 4.74 Å². The minimum atomic E-state index is -0.681. The summed E-state index contributed by atoms with van der Waals surface area (Å²) in [5.74, 6) is 0.395. The van der Waals surface area contributed by atoms with E-state index < -0.39 is 6.10 Å². The fourth-order valence-electron chi connectivity index (χ4n) is 2.25. The number of ether oxygens (including phenoxy) is 1. The summed E-state index contributed by atoms with van der Waals surface area (Å²) >= 11 is 1.46. The number of thiophene rings is 1. The number of carbonyl (C=O) groups is 1. The van der Waals surface area contributed by atoms with Crippen LogP contribution < -0.4 is 10.1 Å². The minimum Gasteiger partial charge on any atom is -0.484 e. The molecule has 1 atom stereocenters. The Labute approximate surface area is 138 Å². The van der Waals surface area contributed by atoms with Gasteiger partial charge in [-0.25, -0.2) is 0 Å². The largest absolute Gasteiger partial charge is 0.484 e. The van der Waals surface area contributed by atoms with Gasteiger partial charge in [0.25, 0.3) is 5.91 Å². The molecule has 2 aromatic carbocycles. The molecule has 1 heterocycles. The molecular weight excluding hydrogens is 310 g/mol. The van der Waals surface area contributed by atoms with Gasteiger partial charge in [-0.15, -0.1) is 11.3 Å². The molecule has 2 N–H and O–H groups in total. The normalized spacial score (nSPS) is 12.0. The maximum atomic E-state index is 11.8. The van der Waals surface area contributed by atoms with E-state index in [2.05, 4.69) is 5.32 Å². The molecule has 5 heteroatoms. The first kappa shape index (κ1) is 15.5. The Bertz CT molecular complexity index is 786. The van der Waals surface area contributed by atoms with Crippen LogP contribution in [0.3, 0.4) is 0 Å². The van der Waals surface area contributed by atoms with E-state index in [-0.39, 0.29) is 19.1 Å². The van der Waals surface area contributed by atoms with E-state index in [1.54, 1.807) is 0 Å². The molecule has 0 aliphatic rings. The van der Waals surface area contributed by atoms with Gasteiger partial charge in [-0.2, -0.15) is 0 Å². The first-order valence-electron chi connectivity index (χ1n) is 7.32. The number of fused-ring (bicyclic) bond motifs is 1. The predicted octanol–water partition coefficient (Wildman–Crippen LogP) is 3.13. The van der Waals surface area contributed by atoms with Crippen LogP contribution in [0.25, 0.3) is 10.8 Å². The fourth-order valence-corrected chi connectivity index (χ4v) is 2.96. The third kappa shape index (κ3) is 4.09. The van der Waals surface area contributed by atoms with E-state index >= 15 is 0 Å². The summed E-state index contributed by atoms with van der Waals surface area (Å²) in [4.78, 5) is 12.6. The smallest absolute Gasteiger partial charge is 0.258 e. The number of hydrogen-bond donors (Lipinski definition) is 2. The van der Waals surface area contributed by atoms with Crippen molar-refractivity contribution in [3.63, 3.8) is 0 Å². The van der Waals surface area contributed by atoms with Crippen molar-refractivity contribution in [2.24, 2.45) is 0 Å². The Morgan fingerprint density at radius 2 is 1.96 bits per heavy atom. The Kier molecular flexibility index (Phi) is 4.90. The molecule has 3 aromatic rings. The molecule has 0 aliphatic heterocycles. The van der Waals surface area contributed by atoms with Crippen LogP contribution in [0, 0.1) is 0 Å². The number of benzene rings is 2. The second-order valence-corrected chi connectivity index (χ2v) is 6.11. The lowest BCUT2D eigenvalue weighted by atomic mass is 10.1. The molecule has 0 fully saturated rings. The second-order valence-electron chi connectivity index (χ2n) is 5.13. The molecule has 0 spiro atoms. The van der Waals surface area contributed by atoms with Crippen LogP contribution in [0.2, 0.25) is 0 Å². The van der Waals surface area contributed by atoms with Crippen LogP contribution in [0.4, 0.5) is 0 Å². The number of rotatable bonds is 6. The topological polar surface area (TPSA) is 58.6 Å². The molecule has 3 rings (SSSR count). The maximum absolute atomic E-state index is 11.8. The summed E-state index contributed by atoms with van der Waals surface area (Å²) in [7, 11) is 0. The zero-order valence-electron chi connectivity index (χ0n) is 12.4. The van der Waals surface area contributed by atoms with Gasteiger partial charge in [0.05, 0.1) is 0 Å². The molecule has 0 bridgehead atoms. The lowest BCUT2D eigenvalue weighted by Crippen LogP contribution is -2.32. The number of carbonyl (C=O) groups excluding carboxylic acids is 1. The van der Waals surface area contributed by atoms with E-state index in [1.165, 1.54) is 11.3 Å². The van der Waals surface area contributed by atoms with Crippen molar-refractivity contribution in [1.82, 2.24) is 5.32 Å². The summed E-state index contributed by atoms with van der Waals surface area (Å²) in [6.07, 6.45) is -0.681. The van der Waals surface area contributed by atoms with Gasteiger partial charge < -0.3 is 15.2 Å². The highest BCUT2D eigenvalue weighted by Crippen LogP contribution is 2.20. The molecule has 4 nitrogen and oxygen atoms in total. The van der Waals surface area contributed by atoms with Gasteiger partial charge in [-0.1, -0.05) is 36.4 Å². The number of hydrogen-bond acceptors (Lipinski definition) is 4. The lowest BCUT2D eigenvalue weighted by molar-refractivity contribution is -0.123. The van der Waals surface area contributed by atoms with Gasteiger partial charge >= 0.3 is 0 Å². The highest BCUT2D eigenvalue weighted by atomic mass is 32.1. The van der Waals surface area contributed by atoms with E-state index in [0.29, 0.717) is 5.75 Å². The quantitative estimate of drug-likeness (QED) is 0.731. The van der Waals surface area contributed by atoms with Crippen molar-refractivity contribution in [3.8, 4) is 5.75 Å². The first-order valence-corrected chi connectivity index (χ1v) is 8.20. The van der Waals surface area contributed by atoms with Crippen LogP contribution in [-0.2, 0) is 4.79 Å². The van der Waals surface area contributed by atoms with Crippen molar-refractivity contribution in [3.05, 3.63) is 64.9 Å². The third-order valence-electron chi connectivity index (χ3n) is 3.46. The van der Waals surface area contributed by atoms with Gasteiger partial charge in [0.15, 0.2) is 6.61 Å². The Balaban J connectivity index is 1.50. The molecular formula is C18H17NO3S. The van der Waals surface area contributed by atoms with Crippen LogP contribution >= 0.6 is 11.3 Å². The Morgan fingerprint density at radius 1 is 1.13 bits per heavy atom. The minimum absolute atomic E-state index is 0.0739. The van der Waals surface area contributed by atoms with Crippen molar-refractivity contribution >= 4 is 28.0 Å². The molecule has 0 saturated heterocycles. The zero-order chi connectivity index (χ0) is 16.1. The monoisotopic (exact) mass is 327 g/mol. The number of aliphatic hydroxyl groups excluding tert-OH is 1. The fraction of sp³-hybridized carbons (Fsp3) is 0.167. The van der Waals surface area contributed by atoms with Gasteiger partial charge in [0.2, 0.25) is 0 Å². The van der Waals surface area contributed by atoms with Crippen LogP contribution in [0.15, 0.2) is 60.0 Å². The highest BCUT2D eigenvalue weighted by molar-refractivity contribution is 7.10. The molecule has 1 unspecified atom stereocenters. The van der Waals surface area contributed by atoms with Crippen molar-refractivity contribution in [1.29, 1.82) is 0 Å². The molecule has 0 saturated carbocycles. The van der Waals surface area contributed by atoms with Crippen LogP contribution in [0.1, 0.15) is 11.0 Å². The van der Waals surface area contributed by atoms with Crippen LogP contribution in [-0.4, -0.2) is 24.2 Å². The molecule has 0 radical (unpaired) electrons. The third-order valence-corrected chi connectivity index (χ3v) is 4.43. The van der Waals surface area contributed by atoms with Crippen molar-refractivity contribution in [2.45, 2.75) is 6.10 Å². The Morgan fingerprint density at radius 3 is 2.74 bits per heavy atom. The second kappa shape index (κ2) is 7.26. The molecule has 1 amide bonds. The van der Waals surface area contributed by atoms with Crippen LogP contribution in [0.5, 0.6) is 5.75 Å². The molecule has 118 valence electrons. The molecule has 0 aliphatic carbocycles. The van der Waals surface area contributed by atoms with E-state index in [1.807, 2.05) is 60.0 Å². The van der Waals surface area contributed by atoms with Gasteiger partial charge in [0, 0.05) is 11.4 Å². The summed E-state index contributed by atoms with van der Waals surface area (Å²) in [5, 5.41) is 16.7. The average Bonchev–Trinajstić information content (AvgIpc) is 3.12. The first-order chi connectivity index (χ1) is 11.2. The molecule has 23 heavy (non-hydrogen) atoms. The predicted molar refractivity (Wildman–Crippen MR) is 91.7 cm³/mol. The molecule has 1 aromatic heterocycles. The number of aliphatic hydroxyl groups is 1. The standard InChI is InChI=1S/C18H17NO3S/c20-16(17-6-3-9-23-17)11-19-18(21)12-22-15-8-7-13-4-1-2-5-14(13)10-15/h1-10,16,20H,11-12H2,(H,19,21). The summed E-state index contributed by atoms with van der Waals surface area (Å²) in [6, 6.07) is 17.4. The highest BCUT2D eigenvalue weighted by Gasteiger charge is 2.10. The van der Waals surface area contributed by atoms with E-state index in [9.17, 15) is 9.90 Å². The van der Waals surface area contributed by atoms with Gasteiger partial charge in [-0.3, -0.25) is 4.79 Å². The maximum Gasteiger partial charge on any atom is 0.258 e. The number of nitrogens with one attached hydrogen (secondary N) is 1. The van der Waals surface area contributed by atoms with E-state index in [0.717, 1.165) is 15.6 Å². The van der Waals surface area contributed by atoms with Crippen molar-refractivity contribution in [2.75, 3.05) is 13.2 Å². The zero-order valence-corrected chi connectivity index (χ0v) is 13.3. The lowest BCUT2D eigenvalue weighted by Gasteiger charge is -2.11. The average molecular weight is 327 g/mol. The van der Waals surface area contributed by atoms with Gasteiger partial charge in [-0.05, 0) is 34.4 Å². The number of amides is 1. The Hall–Kier alpha value is -2.37. The summed E-state index contributed by atoms with van der Waals surface area (Å²) in [6.45, 7) is 0.107. The van der Waals surface area contributed by atoms with Crippen molar-refractivity contribution < 1.29 is 14.6 Å². The van der Waals surface area contributed by atoms with Gasteiger partial charge in [0.1, 0.15) is 11.9 Å². The SMILES string of the molecule is O=C(COc1ccc2ccccc2c1)NCC(O)c1cccs1.